The molecular formula is C22H24ClN5O3. The average molecular weight is 442 g/mol. The summed E-state index contributed by atoms with van der Waals surface area (Å²) in [5.41, 5.74) is 2.11. The molecule has 0 aliphatic carbocycles. The second kappa shape index (κ2) is 8.11. The first-order valence-corrected chi connectivity index (χ1v) is 10.9. The van der Waals surface area contributed by atoms with Gasteiger partial charge in [0, 0.05) is 31.7 Å². The summed E-state index contributed by atoms with van der Waals surface area (Å²) < 4.78 is 3.41. The van der Waals surface area contributed by atoms with Crippen molar-refractivity contribution in [2.24, 2.45) is 0 Å². The standard InChI is InChI=1S/C22H24ClN5O3/c23-17-9-14(1-3-19(17)29)10-24-15-5-7-26(8-6-15)12-16-13-27-20(30)4-2-18-22(27)28(16)21(31)11-25-18/h1-4,9,11,15-16,24,29H,5-8,10,12-13H2. The number of nitrogens with zero attached hydrogens (tertiary/aromatic N) is 4. The van der Waals surface area contributed by atoms with Crippen LogP contribution in [-0.4, -0.2) is 49.8 Å². The number of likely N-dealkylation sites (tertiary alicyclic amines) is 1. The van der Waals surface area contributed by atoms with Crippen LogP contribution in [-0.2, 0) is 13.1 Å². The zero-order valence-corrected chi connectivity index (χ0v) is 17.8. The zero-order chi connectivity index (χ0) is 21.5. The zero-order valence-electron chi connectivity index (χ0n) is 17.0. The molecule has 0 spiro atoms. The largest absolute Gasteiger partial charge is 0.506 e. The maximum atomic E-state index is 12.5. The van der Waals surface area contributed by atoms with Gasteiger partial charge in [-0.1, -0.05) is 17.7 Å². The average Bonchev–Trinajstić information content (AvgIpc) is 3.15. The number of rotatable bonds is 5. The van der Waals surface area contributed by atoms with E-state index in [4.69, 9.17) is 11.6 Å². The van der Waals surface area contributed by atoms with Gasteiger partial charge in [0.15, 0.2) is 0 Å². The Kier molecular flexibility index (Phi) is 5.29. The van der Waals surface area contributed by atoms with Crippen LogP contribution in [0.2, 0.25) is 5.02 Å². The molecule has 2 aromatic heterocycles. The van der Waals surface area contributed by atoms with Gasteiger partial charge in [-0.2, -0.15) is 0 Å². The molecule has 162 valence electrons. The summed E-state index contributed by atoms with van der Waals surface area (Å²) in [5, 5.41) is 13.5. The van der Waals surface area contributed by atoms with Crippen molar-refractivity contribution < 1.29 is 5.11 Å². The molecular weight excluding hydrogens is 418 g/mol. The number of hydrogen-bond donors (Lipinski definition) is 2. The molecule has 2 aliphatic heterocycles. The molecule has 5 rings (SSSR count). The van der Waals surface area contributed by atoms with Crippen LogP contribution >= 0.6 is 11.6 Å². The van der Waals surface area contributed by atoms with Crippen LogP contribution in [0.1, 0.15) is 24.4 Å². The normalized spacial score (nSPS) is 19.3. The predicted octanol–water partition coefficient (Wildman–Crippen LogP) is 1.73. The van der Waals surface area contributed by atoms with E-state index in [0.29, 0.717) is 35.3 Å². The molecule has 0 saturated carbocycles. The highest BCUT2D eigenvalue weighted by atomic mass is 35.5. The summed E-state index contributed by atoms with van der Waals surface area (Å²) in [6, 6.07) is 8.82. The van der Waals surface area contributed by atoms with Crippen molar-refractivity contribution in [3.8, 4) is 5.75 Å². The van der Waals surface area contributed by atoms with Crippen molar-refractivity contribution >= 4 is 22.8 Å². The van der Waals surface area contributed by atoms with Crippen molar-refractivity contribution in [1.82, 2.24) is 24.3 Å². The topological polar surface area (TPSA) is 92.4 Å². The van der Waals surface area contributed by atoms with E-state index in [1.54, 1.807) is 27.3 Å². The van der Waals surface area contributed by atoms with Gasteiger partial charge in [-0.3, -0.25) is 18.7 Å². The Balaban J connectivity index is 1.21. The molecule has 3 aromatic rings. The third-order valence-corrected chi connectivity index (χ3v) is 6.64. The molecule has 1 fully saturated rings. The minimum absolute atomic E-state index is 0.0586. The molecule has 1 unspecified atom stereocenters. The smallest absolute Gasteiger partial charge is 0.270 e. The van der Waals surface area contributed by atoms with Gasteiger partial charge in [0.2, 0.25) is 0 Å². The Morgan fingerprint density at radius 1 is 1.13 bits per heavy atom. The van der Waals surface area contributed by atoms with Crippen LogP contribution in [0.3, 0.4) is 0 Å². The number of benzene rings is 1. The van der Waals surface area contributed by atoms with Crippen molar-refractivity contribution in [2.75, 3.05) is 19.6 Å². The summed E-state index contributed by atoms with van der Waals surface area (Å²) in [6.45, 7) is 3.81. The fraction of sp³-hybridized carbons (Fsp3) is 0.409. The first-order chi connectivity index (χ1) is 15.0. The summed E-state index contributed by atoms with van der Waals surface area (Å²) in [6.07, 6.45) is 3.36. The molecule has 0 bridgehead atoms. The minimum atomic E-state index is -0.154. The summed E-state index contributed by atoms with van der Waals surface area (Å²) >= 11 is 5.98. The van der Waals surface area contributed by atoms with Crippen molar-refractivity contribution in [2.45, 2.75) is 38.0 Å². The van der Waals surface area contributed by atoms with Gasteiger partial charge >= 0.3 is 0 Å². The Labute approximate surface area is 183 Å². The monoisotopic (exact) mass is 441 g/mol. The number of halogens is 1. The molecule has 31 heavy (non-hydrogen) atoms. The lowest BCUT2D eigenvalue weighted by molar-refractivity contribution is 0.171. The van der Waals surface area contributed by atoms with Crippen LogP contribution in [0.25, 0.3) is 11.2 Å². The molecule has 2 N–H and O–H groups in total. The van der Waals surface area contributed by atoms with Crippen molar-refractivity contribution in [3.05, 3.63) is 67.8 Å². The Morgan fingerprint density at radius 3 is 2.71 bits per heavy atom. The van der Waals surface area contributed by atoms with Crippen LogP contribution in [0.5, 0.6) is 5.75 Å². The van der Waals surface area contributed by atoms with Gasteiger partial charge in [-0.25, -0.2) is 4.98 Å². The van der Waals surface area contributed by atoms with Crippen LogP contribution in [0, 0.1) is 0 Å². The predicted molar refractivity (Wildman–Crippen MR) is 119 cm³/mol. The second-order valence-electron chi connectivity index (χ2n) is 8.35. The summed E-state index contributed by atoms with van der Waals surface area (Å²) in [7, 11) is 0. The molecule has 9 heteroatoms. The van der Waals surface area contributed by atoms with E-state index in [1.807, 2.05) is 6.07 Å². The van der Waals surface area contributed by atoms with E-state index >= 15 is 0 Å². The Bertz CT molecular complexity index is 1240. The van der Waals surface area contributed by atoms with Crippen molar-refractivity contribution in [3.63, 3.8) is 0 Å². The number of nitrogens with one attached hydrogen (secondary N) is 1. The van der Waals surface area contributed by atoms with Gasteiger partial charge in [-0.15, -0.1) is 0 Å². The first-order valence-electron chi connectivity index (χ1n) is 10.5. The Hall–Kier alpha value is -2.68. The van der Waals surface area contributed by atoms with E-state index in [-0.39, 0.29) is 22.9 Å². The highest BCUT2D eigenvalue weighted by Gasteiger charge is 2.29. The van der Waals surface area contributed by atoms with Gasteiger partial charge in [0.1, 0.15) is 16.9 Å². The fourth-order valence-electron chi connectivity index (χ4n) is 4.70. The van der Waals surface area contributed by atoms with Crippen LogP contribution in [0.15, 0.2) is 46.1 Å². The maximum absolute atomic E-state index is 12.5. The first kappa shape index (κ1) is 20.2. The lowest BCUT2D eigenvalue weighted by Crippen LogP contribution is -2.44. The molecule has 2 aliphatic rings. The lowest BCUT2D eigenvalue weighted by Gasteiger charge is -2.34. The van der Waals surface area contributed by atoms with Gasteiger partial charge in [0.25, 0.3) is 11.1 Å². The quantitative estimate of drug-likeness (QED) is 0.626. The lowest BCUT2D eigenvalue weighted by atomic mass is 10.0. The molecule has 0 amide bonds. The van der Waals surface area contributed by atoms with Crippen LogP contribution < -0.4 is 16.4 Å². The van der Waals surface area contributed by atoms with Gasteiger partial charge in [0.05, 0.1) is 17.3 Å². The Morgan fingerprint density at radius 2 is 1.94 bits per heavy atom. The maximum Gasteiger partial charge on any atom is 0.270 e. The third-order valence-electron chi connectivity index (χ3n) is 6.34. The number of phenols is 1. The van der Waals surface area contributed by atoms with E-state index in [0.717, 1.165) is 38.0 Å². The third kappa shape index (κ3) is 3.86. The number of pyridine rings is 1. The van der Waals surface area contributed by atoms with E-state index < -0.39 is 0 Å². The molecule has 4 heterocycles. The number of phenolic OH excluding ortho intramolecular Hbond substituents is 1. The summed E-state index contributed by atoms with van der Waals surface area (Å²) in [4.78, 5) is 31.4. The minimum Gasteiger partial charge on any atom is -0.506 e. The van der Waals surface area contributed by atoms with Crippen LogP contribution in [0.4, 0.5) is 0 Å². The van der Waals surface area contributed by atoms with Crippen molar-refractivity contribution in [1.29, 1.82) is 0 Å². The van der Waals surface area contributed by atoms with Gasteiger partial charge < -0.3 is 15.3 Å². The number of aromatic hydroxyl groups is 1. The molecule has 1 aromatic carbocycles. The molecule has 8 nitrogen and oxygen atoms in total. The number of aromatic nitrogens is 3. The molecule has 1 atom stereocenters. The fourth-order valence-corrected chi connectivity index (χ4v) is 4.91. The second-order valence-corrected chi connectivity index (χ2v) is 8.76. The van der Waals surface area contributed by atoms with E-state index in [2.05, 4.69) is 15.2 Å². The van der Waals surface area contributed by atoms with E-state index in [1.165, 1.54) is 12.3 Å². The van der Waals surface area contributed by atoms with E-state index in [9.17, 15) is 14.7 Å². The number of hydrogen-bond acceptors (Lipinski definition) is 6. The SMILES string of the molecule is O=c1ccc2ncc(=O)n3c2n1CC3CN1CCC(NCc2ccc(O)c(Cl)c2)CC1. The number of piperidine rings is 1. The highest BCUT2D eigenvalue weighted by molar-refractivity contribution is 6.32. The van der Waals surface area contributed by atoms with Gasteiger partial charge in [-0.05, 0) is 49.7 Å². The highest BCUT2D eigenvalue weighted by Crippen LogP contribution is 2.25. The summed E-state index contributed by atoms with van der Waals surface area (Å²) in [5.74, 6) is 0.0978. The molecule has 0 radical (unpaired) electrons. The molecule has 1 saturated heterocycles.